The second-order valence-corrected chi connectivity index (χ2v) is 4.90. The van der Waals surface area contributed by atoms with Gasteiger partial charge in [-0.2, -0.15) is 0 Å². The van der Waals surface area contributed by atoms with Gasteiger partial charge < -0.3 is 10.1 Å². The van der Waals surface area contributed by atoms with E-state index in [-0.39, 0.29) is 5.78 Å². The van der Waals surface area contributed by atoms with Crippen molar-refractivity contribution in [1.82, 2.24) is 0 Å². The van der Waals surface area contributed by atoms with Crippen LogP contribution in [0.1, 0.15) is 43.5 Å². The summed E-state index contributed by atoms with van der Waals surface area (Å²) >= 11 is 0. The van der Waals surface area contributed by atoms with E-state index in [0.29, 0.717) is 18.6 Å². The van der Waals surface area contributed by atoms with Crippen LogP contribution in [0.3, 0.4) is 0 Å². The maximum Gasteiger partial charge on any atom is 0.162 e. The lowest BCUT2D eigenvalue weighted by molar-refractivity contribution is 0.0232. The third-order valence-electron chi connectivity index (χ3n) is 3.38. The van der Waals surface area contributed by atoms with Gasteiger partial charge in [-0.15, -0.1) is 0 Å². The van der Waals surface area contributed by atoms with E-state index in [2.05, 4.69) is 12.2 Å². The summed E-state index contributed by atoms with van der Waals surface area (Å²) in [7, 11) is 0. The number of nitrogens with one attached hydrogen (secondary N) is 1. The lowest BCUT2D eigenvalue weighted by Crippen LogP contribution is -2.32. The van der Waals surface area contributed by atoms with Crippen molar-refractivity contribution in [3.8, 4) is 0 Å². The Balaban J connectivity index is 1.95. The SMILES string of the molecule is CCC(=O)c1ccc(NC2CCOC(C)C2)cc1. The van der Waals surface area contributed by atoms with Gasteiger partial charge in [-0.1, -0.05) is 6.92 Å². The third kappa shape index (κ3) is 3.33. The average molecular weight is 247 g/mol. The summed E-state index contributed by atoms with van der Waals surface area (Å²) in [5.41, 5.74) is 1.88. The van der Waals surface area contributed by atoms with E-state index < -0.39 is 0 Å². The summed E-state index contributed by atoms with van der Waals surface area (Å²) in [4.78, 5) is 11.5. The molecule has 1 saturated heterocycles. The number of hydrogen-bond donors (Lipinski definition) is 1. The summed E-state index contributed by atoms with van der Waals surface area (Å²) in [6.07, 6.45) is 2.97. The van der Waals surface area contributed by atoms with E-state index in [1.165, 1.54) is 0 Å². The molecule has 18 heavy (non-hydrogen) atoms. The number of benzene rings is 1. The number of anilines is 1. The van der Waals surface area contributed by atoms with Crippen LogP contribution < -0.4 is 5.32 Å². The summed E-state index contributed by atoms with van der Waals surface area (Å²) in [6, 6.07) is 8.25. The molecule has 98 valence electrons. The average Bonchev–Trinajstić information content (AvgIpc) is 2.39. The highest BCUT2D eigenvalue weighted by molar-refractivity contribution is 5.96. The highest BCUT2D eigenvalue weighted by atomic mass is 16.5. The smallest absolute Gasteiger partial charge is 0.162 e. The molecule has 0 aromatic heterocycles. The molecule has 2 unspecified atom stereocenters. The molecule has 1 N–H and O–H groups in total. The Kier molecular flexibility index (Phi) is 4.37. The molecule has 2 atom stereocenters. The molecule has 1 aliphatic heterocycles. The Hall–Kier alpha value is -1.35. The number of rotatable bonds is 4. The van der Waals surface area contributed by atoms with E-state index in [1.54, 1.807) is 0 Å². The van der Waals surface area contributed by atoms with Gasteiger partial charge in [-0.25, -0.2) is 0 Å². The molecule has 0 bridgehead atoms. The lowest BCUT2D eigenvalue weighted by Gasteiger charge is -2.28. The number of ether oxygens (including phenoxy) is 1. The lowest BCUT2D eigenvalue weighted by atomic mass is 10.0. The van der Waals surface area contributed by atoms with Gasteiger partial charge >= 0.3 is 0 Å². The quantitative estimate of drug-likeness (QED) is 0.830. The minimum absolute atomic E-state index is 0.196. The molecule has 1 aliphatic rings. The summed E-state index contributed by atoms with van der Waals surface area (Å²) in [5, 5.41) is 3.50. The normalized spacial score (nSPS) is 23.7. The fourth-order valence-corrected chi connectivity index (χ4v) is 2.32. The zero-order valence-corrected chi connectivity index (χ0v) is 11.1. The van der Waals surface area contributed by atoms with Crippen LogP contribution in [0.5, 0.6) is 0 Å². The van der Waals surface area contributed by atoms with Gasteiger partial charge in [0.1, 0.15) is 0 Å². The molecular formula is C15H21NO2. The van der Waals surface area contributed by atoms with Crippen molar-refractivity contribution in [3.63, 3.8) is 0 Å². The molecule has 1 aromatic rings. The summed E-state index contributed by atoms with van der Waals surface area (Å²) < 4.78 is 5.53. The first-order valence-corrected chi connectivity index (χ1v) is 6.70. The van der Waals surface area contributed by atoms with Crippen molar-refractivity contribution < 1.29 is 9.53 Å². The minimum atomic E-state index is 0.196. The summed E-state index contributed by atoms with van der Waals surface area (Å²) in [5.74, 6) is 0.196. The van der Waals surface area contributed by atoms with E-state index in [1.807, 2.05) is 31.2 Å². The van der Waals surface area contributed by atoms with Gasteiger partial charge in [0.05, 0.1) is 6.10 Å². The largest absolute Gasteiger partial charge is 0.382 e. The molecule has 2 rings (SSSR count). The zero-order chi connectivity index (χ0) is 13.0. The topological polar surface area (TPSA) is 38.3 Å². The molecule has 0 amide bonds. The van der Waals surface area contributed by atoms with Crippen molar-refractivity contribution in [2.45, 2.75) is 45.3 Å². The standard InChI is InChI=1S/C15H21NO2/c1-3-15(17)12-4-6-13(7-5-12)16-14-8-9-18-11(2)10-14/h4-7,11,14,16H,3,8-10H2,1-2H3. The van der Waals surface area contributed by atoms with Crippen LogP contribution in [-0.2, 0) is 4.74 Å². The Bertz CT molecular complexity index is 399. The second-order valence-electron chi connectivity index (χ2n) is 4.90. The number of Topliss-reactive ketones (excluding diaryl/α,β-unsaturated/α-hetero) is 1. The minimum Gasteiger partial charge on any atom is -0.382 e. The first-order valence-electron chi connectivity index (χ1n) is 6.70. The van der Waals surface area contributed by atoms with Crippen molar-refractivity contribution in [2.75, 3.05) is 11.9 Å². The number of carbonyl (C=O) groups excluding carboxylic acids is 1. The van der Waals surface area contributed by atoms with Crippen LogP contribution in [0.25, 0.3) is 0 Å². The van der Waals surface area contributed by atoms with E-state index in [0.717, 1.165) is 30.7 Å². The monoisotopic (exact) mass is 247 g/mol. The van der Waals surface area contributed by atoms with Crippen molar-refractivity contribution in [1.29, 1.82) is 0 Å². The molecule has 0 radical (unpaired) electrons. The van der Waals surface area contributed by atoms with E-state index in [9.17, 15) is 4.79 Å². The van der Waals surface area contributed by atoms with Crippen LogP contribution in [0, 0.1) is 0 Å². The maximum absolute atomic E-state index is 11.5. The van der Waals surface area contributed by atoms with Crippen molar-refractivity contribution in [3.05, 3.63) is 29.8 Å². The van der Waals surface area contributed by atoms with Gasteiger partial charge in [0.15, 0.2) is 5.78 Å². The highest BCUT2D eigenvalue weighted by Gasteiger charge is 2.18. The Labute approximate surface area is 109 Å². The fraction of sp³-hybridized carbons (Fsp3) is 0.533. The first-order chi connectivity index (χ1) is 8.69. The first kappa shape index (κ1) is 13.1. The van der Waals surface area contributed by atoms with Crippen molar-refractivity contribution >= 4 is 11.5 Å². The fourth-order valence-electron chi connectivity index (χ4n) is 2.32. The Morgan fingerprint density at radius 2 is 2.11 bits per heavy atom. The molecule has 1 heterocycles. The van der Waals surface area contributed by atoms with Gasteiger partial charge in [0.25, 0.3) is 0 Å². The van der Waals surface area contributed by atoms with Gasteiger partial charge in [-0.3, -0.25) is 4.79 Å². The molecule has 0 aliphatic carbocycles. The molecule has 1 fully saturated rings. The molecular weight excluding hydrogens is 226 g/mol. The zero-order valence-electron chi connectivity index (χ0n) is 11.1. The van der Waals surface area contributed by atoms with Crippen molar-refractivity contribution in [2.24, 2.45) is 0 Å². The summed E-state index contributed by atoms with van der Waals surface area (Å²) in [6.45, 7) is 4.82. The Morgan fingerprint density at radius 3 is 2.72 bits per heavy atom. The molecule has 0 spiro atoms. The molecule has 0 saturated carbocycles. The molecule has 1 aromatic carbocycles. The van der Waals surface area contributed by atoms with Crippen LogP contribution in [0.4, 0.5) is 5.69 Å². The van der Waals surface area contributed by atoms with Crippen LogP contribution in [0.15, 0.2) is 24.3 Å². The van der Waals surface area contributed by atoms with Crippen LogP contribution >= 0.6 is 0 Å². The highest BCUT2D eigenvalue weighted by Crippen LogP contribution is 2.19. The van der Waals surface area contributed by atoms with Gasteiger partial charge in [-0.05, 0) is 44.0 Å². The molecule has 3 heteroatoms. The predicted octanol–water partition coefficient (Wildman–Crippen LogP) is 3.26. The van der Waals surface area contributed by atoms with Crippen LogP contribution in [-0.4, -0.2) is 24.5 Å². The van der Waals surface area contributed by atoms with Gasteiger partial charge in [0.2, 0.25) is 0 Å². The van der Waals surface area contributed by atoms with Gasteiger partial charge in [0, 0.05) is 30.3 Å². The third-order valence-corrected chi connectivity index (χ3v) is 3.38. The van der Waals surface area contributed by atoms with E-state index in [4.69, 9.17) is 4.74 Å². The number of ketones is 1. The Morgan fingerprint density at radius 1 is 1.39 bits per heavy atom. The second kappa shape index (κ2) is 6.01. The van der Waals surface area contributed by atoms with E-state index >= 15 is 0 Å². The van der Waals surface area contributed by atoms with Crippen LogP contribution in [0.2, 0.25) is 0 Å². The number of carbonyl (C=O) groups is 1. The molecule has 3 nitrogen and oxygen atoms in total. The predicted molar refractivity (Wildman–Crippen MR) is 73.1 cm³/mol. The maximum atomic E-state index is 11.5. The number of hydrogen-bond acceptors (Lipinski definition) is 3.